The highest BCUT2D eigenvalue weighted by molar-refractivity contribution is 7.90. The Morgan fingerprint density at radius 2 is 1.36 bits per heavy atom. The molecule has 0 saturated heterocycles. The van der Waals surface area contributed by atoms with Crippen LogP contribution in [-0.2, 0) is 33.1 Å². The zero-order valence-electron chi connectivity index (χ0n) is 16.5. The van der Waals surface area contributed by atoms with Gasteiger partial charge in [-0.15, -0.1) is 0 Å². The molecule has 0 aromatic heterocycles. The van der Waals surface area contributed by atoms with Gasteiger partial charge in [-0.2, -0.15) is 0 Å². The Balaban J connectivity index is 1.80. The van der Waals surface area contributed by atoms with Gasteiger partial charge in [-0.1, -0.05) is 45.9 Å². The number of hydrogen-bond acceptors (Lipinski definition) is 5. The van der Waals surface area contributed by atoms with Crippen LogP contribution in [0.5, 0.6) is 0 Å². The summed E-state index contributed by atoms with van der Waals surface area (Å²) in [6.45, 7) is -0.880. The van der Waals surface area contributed by atoms with Crippen LogP contribution >= 0.6 is 23.2 Å². The van der Waals surface area contributed by atoms with E-state index < -0.39 is 48.0 Å². The Morgan fingerprint density at radius 3 is 1.97 bits per heavy atom. The van der Waals surface area contributed by atoms with Gasteiger partial charge in [0.1, 0.15) is 11.6 Å². The van der Waals surface area contributed by atoms with Crippen molar-refractivity contribution in [2.24, 2.45) is 0 Å². The molecule has 0 radical (unpaired) electrons. The van der Waals surface area contributed by atoms with E-state index in [9.17, 15) is 30.8 Å². The van der Waals surface area contributed by atoms with Crippen LogP contribution in [0.1, 0.15) is 11.1 Å². The SMILES string of the molecule is O=S(=O)(NCc1ccc(Cl)c(F)c1)c1cccc(S(=O)(=O)N(O)Cc2ccc(Cl)c(F)c2)c1. The molecule has 7 nitrogen and oxygen atoms in total. The summed E-state index contributed by atoms with van der Waals surface area (Å²) in [6, 6.07) is 11.5. The summed E-state index contributed by atoms with van der Waals surface area (Å²) in [5, 5.41) is 9.83. The minimum Gasteiger partial charge on any atom is -0.299 e. The smallest absolute Gasteiger partial charge is 0.265 e. The molecule has 0 spiro atoms. The van der Waals surface area contributed by atoms with Gasteiger partial charge in [0.15, 0.2) is 0 Å². The van der Waals surface area contributed by atoms with Gasteiger partial charge in [-0.3, -0.25) is 5.21 Å². The van der Waals surface area contributed by atoms with Crippen LogP contribution in [0, 0.1) is 11.6 Å². The maximum Gasteiger partial charge on any atom is 0.265 e. The Hall–Kier alpha value is -2.12. The number of hydroxylamine groups is 1. The van der Waals surface area contributed by atoms with Crippen molar-refractivity contribution in [1.82, 2.24) is 9.19 Å². The number of halogens is 4. The number of nitrogens with zero attached hydrogens (tertiary/aromatic N) is 1. The zero-order chi connectivity index (χ0) is 24.4. The van der Waals surface area contributed by atoms with E-state index in [0.717, 1.165) is 30.3 Å². The Bertz CT molecular complexity index is 1400. The third-order valence-electron chi connectivity index (χ3n) is 4.44. The summed E-state index contributed by atoms with van der Waals surface area (Å²) in [4.78, 5) is -0.913. The lowest BCUT2D eigenvalue weighted by atomic mass is 10.2. The van der Waals surface area contributed by atoms with Crippen LogP contribution in [0.4, 0.5) is 8.78 Å². The van der Waals surface area contributed by atoms with Gasteiger partial charge in [-0.25, -0.2) is 30.3 Å². The second-order valence-electron chi connectivity index (χ2n) is 6.78. The molecule has 0 saturated carbocycles. The van der Waals surface area contributed by atoms with Crippen molar-refractivity contribution in [1.29, 1.82) is 0 Å². The Labute approximate surface area is 199 Å². The topological polar surface area (TPSA) is 104 Å². The molecule has 0 aliphatic carbocycles. The van der Waals surface area contributed by atoms with Crippen molar-refractivity contribution in [2.45, 2.75) is 22.9 Å². The van der Waals surface area contributed by atoms with E-state index in [4.69, 9.17) is 23.2 Å². The van der Waals surface area contributed by atoms with Gasteiger partial charge in [0.05, 0.1) is 26.4 Å². The molecule has 0 aliphatic rings. The van der Waals surface area contributed by atoms with Crippen LogP contribution in [0.15, 0.2) is 70.5 Å². The first-order chi connectivity index (χ1) is 15.4. The van der Waals surface area contributed by atoms with Crippen LogP contribution in [-0.4, -0.2) is 26.5 Å². The highest BCUT2D eigenvalue weighted by Crippen LogP contribution is 2.22. The van der Waals surface area contributed by atoms with Crippen molar-refractivity contribution in [3.63, 3.8) is 0 Å². The number of nitrogens with one attached hydrogen (secondary N) is 1. The fourth-order valence-corrected chi connectivity index (χ4v) is 5.18. The number of hydrogen-bond donors (Lipinski definition) is 2. The predicted octanol–water partition coefficient (Wildman–Crippen LogP) is 4.33. The molecule has 0 fully saturated rings. The fraction of sp³-hybridized carbons (Fsp3) is 0.100. The molecule has 3 aromatic carbocycles. The first-order valence-corrected chi connectivity index (χ1v) is 12.8. The highest BCUT2D eigenvalue weighted by Gasteiger charge is 2.25. The molecule has 0 bridgehead atoms. The maximum absolute atomic E-state index is 13.6. The number of sulfonamides is 2. The van der Waals surface area contributed by atoms with E-state index in [-0.39, 0.29) is 26.6 Å². The second-order valence-corrected chi connectivity index (χ2v) is 11.2. The van der Waals surface area contributed by atoms with Crippen LogP contribution in [0.2, 0.25) is 10.0 Å². The molecule has 0 unspecified atom stereocenters. The van der Waals surface area contributed by atoms with E-state index in [1.54, 1.807) is 0 Å². The molecule has 3 aromatic rings. The monoisotopic (exact) mass is 536 g/mol. The third-order valence-corrected chi connectivity index (χ3v) is 7.99. The molecule has 33 heavy (non-hydrogen) atoms. The summed E-state index contributed by atoms with van der Waals surface area (Å²) in [6.07, 6.45) is 0. The van der Waals surface area contributed by atoms with Gasteiger partial charge in [-0.05, 0) is 53.6 Å². The predicted molar refractivity (Wildman–Crippen MR) is 118 cm³/mol. The lowest BCUT2D eigenvalue weighted by molar-refractivity contribution is -0.00481. The van der Waals surface area contributed by atoms with E-state index in [0.29, 0.717) is 5.56 Å². The van der Waals surface area contributed by atoms with E-state index >= 15 is 0 Å². The maximum atomic E-state index is 13.6. The summed E-state index contributed by atoms with van der Waals surface area (Å²) < 4.78 is 80.0. The largest absolute Gasteiger partial charge is 0.299 e. The van der Waals surface area contributed by atoms with E-state index in [2.05, 4.69) is 4.72 Å². The third kappa shape index (κ3) is 6.07. The van der Waals surface area contributed by atoms with E-state index in [1.807, 2.05) is 0 Å². The molecule has 0 atom stereocenters. The average molecular weight is 537 g/mol. The zero-order valence-corrected chi connectivity index (χ0v) is 19.7. The molecule has 0 heterocycles. The van der Waals surface area contributed by atoms with Gasteiger partial charge in [0.25, 0.3) is 10.0 Å². The van der Waals surface area contributed by atoms with E-state index in [1.165, 1.54) is 30.3 Å². The molecule has 2 N–H and O–H groups in total. The number of rotatable bonds is 8. The van der Waals surface area contributed by atoms with Crippen LogP contribution < -0.4 is 4.72 Å². The molecule has 13 heteroatoms. The van der Waals surface area contributed by atoms with Crippen molar-refractivity contribution in [3.05, 3.63) is 93.5 Å². The molecular weight excluding hydrogens is 521 g/mol. The summed E-state index contributed by atoms with van der Waals surface area (Å²) >= 11 is 11.2. The van der Waals surface area contributed by atoms with Crippen LogP contribution in [0.25, 0.3) is 0 Å². The quantitative estimate of drug-likeness (QED) is 0.417. The van der Waals surface area contributed by atoms with Crippen molar-refractivity contribution in [2.75, 3.05) is 0 Å². The fourth-order valence-electron chi connectivity index (χ4n) is 2.71. The molecule has 3 rings (SSSR count). The number of benzene rings is 3. The molecule has 0 amide bonds. The highest BCUT2D eigenvalue weighted by atomic mass is 35.5. The van der Waals surface area contributed by atoms with Gasteiger partial charge >= 0.3 is 0 Å². The summed E-state index contributed by atoms with van der Waals surface area (Å²) in [5.41, 5.74) is 0.407. The first kappa shape index (κ1) is 25.5. The molecular formula is C20H16Cl2F2N2O5S2. The standard InChI is InChI=1S/C20H16Cl2F2N2O5S2/c21-17-6-4-13(8-19(17)23)11-25-32(28,29)15-2-1-3-16(10-15)33(30,31)26(27)12-14-5-7-18(22)20(24)9-14/h1-10,25,27H,11-12H2. The van der Waals surface area contributed by atoms with Gasteiger partial charge in [0, 0.05) is 6.54 Å². The first-order valence-electron chi connectivity index (χ1n) is 9.09. The lowest BCUT2D eigenvalue weighted by Gasteiger charge is -2.16. The average Bonchev–Trinajstić information content (AvgIpc) is 2.77. The van der Waals surface area contributed by atoms with Crippen molar-refractivity contribution in [3.8, 4) is 0 Å². The van der Waals surface area contributed by atoms with Crippen molar-refractivity contribution < 1.29 is 30.8 Å². The Kier molecular flexibility index (Phi) is 7.74. The van der Waals surface area contributed by atoms with Gasteiger partial charge < -0.3 is 0 Å². The lowest BCUT2D eigenvalue weighted by Crippen LogP contribution is -2.28. The summed E-state index contributed by atoms with van der Waals surface area (Å²) in [7, 11) is -8.74. The molecule has 176 valence electrons. The summed E-state index contributed by atoms with van der Waals surface area (Å²) in [5.74, 6) is -1.51. The minimum absolute atomic E-state index is 0.0364. The normalized spacial score (nSPS) is 12.3. The Morgan fingerprint density at radius 1 is 0.818 bits per heavy atom. The second kappa shape index (κ2) is 10.0. The van der Waals surface area contributed by atoms with Crippen molar-refractivity contribution >= 4 is 43.2 Å². The van der Waals surface area contributed by atoms with Crippen LogP contribution in [0.3, 0.4) is 0 Å². The van der Waals surface area contributed by atoms with Gasteiger partial charge in [0.2, 0.25) is 10.0 Å². The molecule has 0 aliphatic heterocycles. The minimum atomic E-state index is -4.54.